The Morgan fingerprint density at radius 1 is 1.10 bits per heavy atom. The Morgan fingerprint density at radius 3 is 2.65 bits per heavy atom. The second-order valence-electron chi connectivity index (χ2n) is 4.90. The van der Waals surface area contributed by atoms with Crippen molar-refractivity contribution < 1.29 is 9.84 Å². The van der Waals surface area contributed by atoms with Crippen molar-refractivity contribution >= 4 is 0 Å². The first kappa shape index (κ1) is 14.6. The lowest BCUT2D eigenvalue weighted by atomic mass is 10.2. The summed E-state index contributed by atoms with van der Waals surface area (Å²) in [5, 5.41) is 13.1. The molecule has 0 spiro atoms. The number of aliphatic hydroxyl groups is 1. The van der Waals surface area contributed by atoms with E-state index in [9.17, 15) is 5.11 Å². The average Bonchev–Trinajstić information content (AvgIpc) is 2.46. The van der Waals surface area contributed by atoms with Gasteiger partial charge in [0.2, 0.25) is 0 Å². The Balaban J connectivity index is 1.67. The molecule has 106 valence electrons. The summed E-state index contributed by atoms with van der Waals surface area (Å²) in [5.41, 5.74) is 2.36. The van der Waals surface area contributed by atoms with Crippen LogP contribution in [-0.2, 0) is 6.54 Å². The fourth-order valence-electron chi connectivity index (χ4n) is 1.94. The first-order valence-electron chi connectivity index (χ1n) is 6.86. The number of nitrogens with one attached hydrogen (secondary N) is 1. The van der Waals surface area contributed by atoms with E-state index in [0.29, 0.717) is 13.2 Å². The summed E-state index contributed by atoms with van der Waals surface area (Å²) in [5.74, 6) is 0.798. The highest BCUT2D eigenvalue weighted by molar-refractivity contribution is 5.27. The largest absolute Gasteiger partial charge is 0.491 e. The molecule has 2 aromatic carbocycles. The van der Waals surface area contributed by atoms with Crippen molar-refractivity contribution in [2.75, 3.05) is 13.2 Å². The molecule has 0 amide bonds. The van der Waals surface area contributed by atoms with Crippen LogP contribution in [0.25, 0.3) is 0 Å². The van der Waals surface area contributed by atoms with Crippen LogP contribution in [0.4, 0.5) is 0 Å². The number of hydrogen-bond donors (Lipinski definition) is 2. The maximum absolute atomic E-state index is 9.87. The number of aliphatic hydroxyl groups excluding tert-OH is 1. The predicted molar refractivity (Wildman–Crippen MR) is 80.8 cm³/mol. The van der Waals surface area contributed by atoms with E-state index in [2.05, 4.69) is 17.4 Å². The van der Waals surface area contributed by atoms with Crippen LogP contribution in [0.15, 0.2) is 54.6 Å². The fourth-order valence-corrected chi connectivity index (χ4v) is 1.94. The highest BCUT2D eigenvalue weighted by atomic mass is 16.5. The highest BCUT2D eigenvalue weighted by Gasteiger charge is 2.05. The molecule has 2 aromatic rings. The van der Waals surface area contributed by atoms with E-state index >= 15 is 0 Å². The minimum absolute atomic E-state index is 0.297. The number of hydrogen-bond acceptors (Lipinski definition) is 3. The van der Waals surface area contributed by atoms with E-state index in [4.69, 9.17) is 4.74 Å². The fraction of sp³-hybridized carbons (Fsp3) is 0.294. The van der Waals surface area contributed by atoms with Crippen LogP contribution in [0.1, 0.15) is 11.1 Å². The third-order valence-corrected chi connectivity index (χ3v) is 2.98. The third kappa shape index (κ3) is 5.03. The molecule has 20 heavy (non-hydrogen) atoms. The first-order chi connectivity index (χ1) is 9.74. The van der Waals surface area contributed by atoms with Gasteiger partial charge in [0, 0.05) is 13.1 Å². The molecule has 0 aromatic heterocycles. The van der Waals surface area contributed by atoms with Crippen LogP contribution in [0.5, 0.6) is 5.75 Å². The predicted octanol–water partition coefficient (Wildman–Crippen LogP) is 2.52. The molecular formula is C17H21NO2. The zero-order valence-electron chi connectivity index (χ0n) is 11.8. The van der Waals surface area contributed by atoms with Crippen molar-refractivity contribution in [1.82, 2.24) is 5.32 Å². The molecule has 0 radical (unpaired) electrons. The number of benzene rings is 2. The molecule has 2 rings (SSSR count). The second kappa shape index (κ2) is 7.68. The van der Waals surface area contributed by atoms with Crippen molar-refractivity contribution in [3.63, 3.8) is 0 Å². The van der Waals surface area contributed by atoms with E-state index in [1.54, 1.807) is 0 Å². The van der Waals surface area contributed by atoms with Gasteiger partial charge in [-0.25, -0.2) is 0 Å². The minimum Gasteiger partial charge on any atom is -0.491 e. The summed E-state index contributed by atoms with van der Waals surface area (Å²) in [6, 6.07) is 18.0. The Labute approximate surface area is 120 Å². The summed E-state index contributed by atoms with van der Waals surface area (Å²) >= 11 is 0. The number of aryl methyl sites for hydroxylation is 1. The molecule has 0 saturated heterocycles. The Hall–Kier alpha value is -1.84. The average molecular weight is 271 g/mol. The summed E-state index contributed by atoms with van der Waals surface area (Å²) in [7, 11) is 0. The molecule has 0 aliphatic rings. The van der Waals surface area contributed by atoms with Crippen LogP contribution >= 0.6 is 0 Å². The van der Waals surface area contributed by atoms with Crippen LogP contribution in [-0.4, -0.2) is 24.4 Å². The van der Waals surface area contributed by atoms with Crippen molar-refractivity contribution in [3.8, 4) is 5.75 Å². The summed E-state index contributed by atoms with van der Waals surface area (Å²) < 4.78 is 5.56. The van der Waals surface area contributed by atoms with Gasteiger partial charge in [-0.2, -0.15) is 0 Å². The van der Waals surface area contributed by atoms with Gasteiger partial charge in [-0.1, -0.05) is 42.5 Å². The molecule has 3 nitrogen and oxygen atoms in total. The normalized spacial score (nSPS) is 12.1. The van der Waals surface area contributed by atoms with Gasteiger partial charge in [0.15, 0.2) is 0 Å². The Bertz CT molecular complexity index is 513. The van der Waals surface area contributed by atoms with Gasteiger partial charge < -0.3 is 15.2 Å². The van der Waals surface area contributed by atoms with Crippen molar-refractivity contribution in [3.05, 3.63) is 65.7 Å². The Kier molecular flexibility index (Phi) is 5.59. The molecule has 1 atom stereocenters. The lowest BCUT2D eigenvalue weighted by Crippen LogP contribution is -2.31. The van der Waals surface area contributed by atoms with Crippen molar-refractivity contribution in [2.45, 2.75) is 19.6 Å². The van der Waals surface area contributed by atoms with Crippen LogP contribution in [0.3, 0.4) is 0 Å². The van der Waals surface area contributed by atoms with Gasteiger partial charge in [-0.15, -0.1) is 0 Å². The smallest absolute Gasteiger partial charge is 0.119 e. The topological polar surface area (TPSA) is 41.5 Å². The van der Waals surface area contributed by atoms with Gasteiger partial charge in [-0.3, -0.25) is 0 Å². The number of ether oxygens (including phenoxy) is 1. The molecule has 0 aliphatic carbocycles. The standard InChI is InChI=1S/C17H21NO2/c1-14-6-5-9-17(10-14)20-13-16(19)12-18-11-15-7-3-2-4-8-15/h2-10,16,18-19H,11-13H2,1H3/t16-/m1/s1. The van der Waals surface area contributed by atoms with E-state index in [1.165, 1.54) is 5.56 Å². The highest BCUT2D eigenvalue weighted by Crippen LogP contribution is 2.12. The maximum atomic E-state index is 9.87. The first-order valence-corrected chi connectivity index (χ1v) is 6.86. The minimum atomic E-state index is -0.515. The quantitative estimate of drug-likeness (QED) is 0.813. The molecule has 0 bridgehead atoms. The van der Waals surface area contributed by atoms with Gasteiger partial charge >= 0.3 is 0 Å². The van der Waals surface area contributed by atoms with E-state index < -0.39 is 6.10 Å². The molecule has 0 fully saturated rings. The molecule has 0 saturated carbocycles. The van der Waals surface area contributed by atoms with Gasteiger partial charge in [-0.05, 0) is 30.2 Å². The van der Waals surface area contributed by atoms with Crippen LogP contribution < -0.4 is 10.1 Å². The molecule has 0 aliphatic heterocycles. The second-order valence-corrected chi connectivity index (χ2v) is 4.90. The maximum Gasteiger partial charge on any atom is 0.119 e. The van der Waals surface area contributed by atoms with E-state index in [-0.39, 0.29) is 0 Å². The number of rotatable bonds is 7. The molecule has 0 unspecified atom stereocenters. The van der Waals surface area contributed by atoms with Gasteiger partial charge in [0.1, 0.15) is 18.5 Å². The molecule has 3 heteroatoms. The van der Waals surface area contributed by atoms with E-state index in [0.717, 1.165) is 17.9 Å². The van der Waals surface area contributed by atoms with Gasteiger partial charge in [0.25, 0.3) is 0 Å². The molecule has 2 N–H and O–H groups in total. The third-order valence-electron chi connectivity index (χ3n) is 2.98. The van der Waals surface area contributed by atoms with Crippen molar-refractivity contribution in [1.29, 1.82) is 0 Å². The van der Waals surface area contributed by atoms with Gasteiger partial charge in [0.05, 0.1) is 0 Å². The summed E-state index contributed by atoms with van der Waals surface area (Å²) in [6.07, 6.45) is -0.515. The zero-order chi connectivity index (χ0) is 14.2. The Morgan fingerprint density at radius 2 is 1.90 bits per heavy atom. The molecular weight excluding hydrogens is 250 g/mol. The summed E-state index contributed by atoms with van der Waals surface area (Å²) in [6.45, 7) is 3.58. The zero-order valence-corrected chi connectivity index (χ0v) is 11.8. The van der Waals surface area contributed by atoms with E-state index in [1.807, 2.05) is 49.4 Å². The lowest BCUT2D eigenvalue weighted by molar-refractivity contribution is 0.106. The molecule has 0 heterocycles. The monoisotopic (exact) mass is 271 g/mol. The van der Waals surface area contributed by atoms with Crippen LogP contribution in [0.2, 0.25) is 0 Å². The summed E-state index contributed by atoms with van der Waals surface area (Å²) in [4.78, 5) is 0. The van der Waals surface area contributed by atoms with Crippen molar-refractivity contribution in [2.24, 2.45) is 0 Å². The SMILES string of the molecule is Cc1cccc(OC[C@H](O)CNCc2ccccc2)c1. The lowest BCUT2D eigenvalue weighted by Gasteiger charge is -2.13. The van der Waals surface area contributed by atoms with Crippen LogP contribution in [0, 0.1) is 6.92 Å².